The van der Waals surface area contributed by atoms with E-state index < -0.39 is 0 Å². The Balaban J connectivity index is 0.000000165. The Hall–Kier alpha value is -1.83. The monoisotopic (exact) mass is 188 g/mol. The standard InChI is InChI=1S/C8H8O.C4H4O/c9-7-6-8-4-2-1-3-5-8;1-2-4-5-3-1/h1-5,7H,6H2;1-4H. The van der Waals surface area contributed by atoms with Crippen molar-refractivity contribution in [3.8, 4) is 0 Å². The van der Waals surface area contributed by atoms with Crippen LogP contribution in [0.15, 0.2) is 59.4 Å². The Bertz CT molecular complexity index is 307. The molecule has 0 saturated carbocycles. The predicted molar refractivity (Wildman–Crippen MR) is 54.9 cm³/mol. The summed E-state index contributed by atoms with van der Waals surface area (Å²) < 4.78 is 4.58. The second-order valence-corrected chi connectivity index (χ2v) is 2.65. The zero-order chi connectivity index (χ0) is 10.1. The maximum absolute atomic E-state index is 9.97. The van der Waals surface area contributed by atoms with Crippen molar-refractivity contribution >= 4 is 6.29 Å². The fourth-order valence-corrected chi connectivity index (χ4v) is 0.937. The van der Waals surface area contributed by atoms with Crippen molar-refractivity contribution in [3.63, 3.8) is 0 Å². The third kappa shape index (κ3) is 4.26. The normalized spacial score (nSPS) is 8.57. The SMILES string of the molecule is O=CCc1ccccc1.c1ccoc1. The summed E-state index contributed by atoms with van der Waals surface area (Å²) in [5.74, 6) is 0. The van der Waals surface area contributed by atoms with E-state index in [0.717, 1.165) is 11.8 Å². The molecule has 0 aliphatic heterocycles. The number of aldehydes is 1. The zero-order valence-corrected chi connectivity index (χ0v) is 7.80. The second-order valence-electron chi connectivity index (χ2n) is 2.65. The number of rotatable bonds is 2. The van der Waals surface area contributed by atoms with E-state index in [1.165, 1.54) is 0 Å². The first-order valence-corrected chi connectivity index (χ1v) is 4.38. The lowest BCUT2D eigenvalue weighted by Gasteiger charge is -1.89. The molecule has 2 heteroatoms. The molecule has 0 aliphatic carbocycles. The highest BCUT2D eigenvalue weighted by molar-refractivity contribution is 5.54. The lowest BCUT2D eigenvalue weighted by molar-refractivity contribution is -0.107. The second kappa shape index (κ2) is 6.66. The minimum Gasteiger partial charge on any atom is -0.473 e. The van der Waals surface area contributed by atoms with Gasteiger partial charge in [-0.15, -0.1) is 0 Å². The molecule has 2 aromatic rings. The van der Waals surface area contributed by atoms with Crippen LogP contribution < -0.4 is 0 Å². The largest absolute Gasteiger partial charge is 0.473 e. The molecule has 0 atom stereocenters. The number of carbonyl (C=O) groups is 1. The molecule has 1 aromatic carbocycles. The summed E-state index contributed by atoms with van der Waals surface area (Å²) in [4.78, 5) is 9.97. The van der Waals surface area contributed by atoms with Gasteiger partial charge in [-0.05, 0) is 17.7 Å². The number of hydrogen-bond acceptors (Lipinski definition) is 2. The highest BCUT2D eigenvalue weighted by atomic mass is 16.3. The molecule has 0 unspecified atom stereocenters. The molecule has 0 aliphatic rings. The summed E-state index contributed by atoms with van der Waals surface area (Å²) in [6.07, 6.45) is 4.69. The van der Waals surface area contributed by atoms with Crippen LogP contribution in [0.1, 0.15) is 5.56 Å². The Morgan fingerprint density at radius 3 is 2.07 bits per heavy atom. The number of benzene rings is 1. The van der Waals surface area contributed by atoms with E-state index in [9.17, 15) is 4.79 Å². The van der Waals surface area contributed by atoms with Crippen LogP contribution in [-0.2, 0) is 11.2 Å². The first-order chi connectivity index (χ1) is 6.93. The van der Waals surface area contributed by atoms with Crippen LogP contribution in [0, 0.1) is 0 Å². The summed E-state index contributed by atoms with van der Waals surface area (Å²) in [6.45, 7) is 0. The Labute approximate surface area is 83.2 Å². The molecule has 0 amide bonds. The molecule has 0 fully saturated rings. The fourth-order valence-electron chi connectivity index (χ4n) is 0.937. The van der Waals surface area contributed by atoms with E-state index >= 15 is 0 Å². The zero-order valence-electron chi connectivity index (χ0n) is 7.80. The van der Waals surface area contributed by atoms with E-state index in [1.807, 2.05) is 42.5 Å². The van der Waals surface area contributed by atoms with Gasteiger partial charge in [0.25, 0.3) is 0 Å². The minimum atomic E-state index is 0.529. The van der Waals surface area contributed by atoms with Gasteiger partial charge in [0.05, 0.1) is 12.5 Å². The van der Waals surface area contributed by atoms with Crippen LogP contribution in [0.4, 0.5) is 0 Å². The average Bonchev–Trinajstić information content (AvgIpc) is 2.78. The molecule has 0 saturated heterocycles. The minimum absolute atomic E-state index is 0.529. The van der Waals surface area contributed by atoms with Crippen molar-refractivity contribution in [1.29, 1.82) is 0 Å². The highest BCUT2D eigenvalue weighted by Gasteiger charge is 1.84. The van der Waals surface area contributed by atoms with Gasteiger partial charge in [0, 0.05) is 6.42 Å². The molecule has 0 N–H and O–H groups in total. The fraction of sp³-hybridized carbons (Fsp3) is 0.0833. The quantitative estimate of drug-likeness (QED) is 0.678. The Kier molecular flexibility index (Phi) is 4.88. The summed E-state index contributed by atoms with van der Waals surface area (Å²) in [6, 6.07) is 13.3. The third-order valence-corrected chi connectivity index (χ3v) is 1.59. The molecule has 2 nitrogen and oxygen atoms in total. The van der Waals surface area contributed by atoms with Gasteiger partial charge >= 0.3 is 0 Å². The first kappa shape index (κ1) is 10.3. The van der Waals surface area contributed by atoms with Gasteiger partial charge in [-0.2, -0.15) is 0 Å². The van der Waals surface area contributed by atoms with Crippen LogP contribution >= 0.6 is 0 Å². The van der Waals surface area contributed by atoms with Crippen LogP contribution in [0.25, 0.3) is 0 Å². The van der Waals surface area contributed by atoms with Crippen LogP contribution in [0.5, 0.6) is 0 Å². The van der Waals surface area contributed by atoms with Crippen LogP contribution in [0.3, 0.4) is 0 Å². The maximum Gasteiger partial charge on any atom is 0.124 e. The highest BCUT2D eigenvalue weighted by Crippen LogP contribution is 1.96. The average molecular weight is 188 g/mol. The molecule has 72 valence electrons. The van der Waals surface area contributed by atoms with Crippen molar-refractivity contribution < 1.29 is 9.21 Å². The van der Waals surface area contributed by atoms with Crippen LogP contribution in [-0.4, -0.2) is 6.29 Å². The molecular formula is C12H12O2. The topological polar surface area (TPSA) is 30.2 Å². The lowest BCUT2D eigenvalue weighted by atomic mass is 10.2. The number of furan rings is 1. The molecule has 0 radical (unpaired) electrons. The van der Waals surface area contributed by atoms with Crippen LogP contribution in [0.2, 0.25) is 0 Å². The van der Waals surface area contributed by atoms with Gasteiger partial charge in [-0.25, -0.2) is 0 Å². The van der Waals surface area contributed by atoms with E-state index in [0.29, 0.717) is 6.42 Å². The van der Waals surface area contributed by atoms with Crippen molar-refractivity contribution in [1.82, 2.24) is 0 Å². The molecule has 1 heterocycles. The summed E-state index contributed by atoms with van der Waals surface area (Å²) in [7, 11) is 0. The van der Waals surface area contributed by atoms with Crippen molar-refractivity contribution in [2.75, 3.05) is 0 Å². The van der Waals surface area contributed by atoms with Crippen molar-refractivity contribution in [3.05, 3.63) is 60.6 Å². The molecule has 2 rings (SSSR count). The van der Waals surface area contributed by atoms with Crippen molar-refractivity contribution in [2.24, 2.45) is 0 Å². The van der Waals surface area contributed by atoms with Gasteiger partial charge in [-0.1, -0.05) is 30.3 Å². The van der Waals surface area contributed by atoms with Gasteiger partial charge in [0.15, 0.2) is 0 Å². The van der Waals surface area contributed by atoms with Gasteiger partial charge in [0.2, 0.25) is 0 Å². The smallest absolute Gasteiger partial charge is 0.124 e. The van der Waals surface area contributed by atoms with E-state index in [4.69, 9.17) is 0 Å². The Morgan fingerprint density at radius 2 is 1.64 bits per heavy atom. The predicted octanol–water partition coefficient (Wildman–Crippen LogP) is 2.71. The number of hydrogen-bond donors (Lipinski definition) is 0. The van der Waals surface area contributed by atoms with Gasteiger partial charge in [0.1, 0.15) is 6.29 Å². The summed E-state index contributed by atoms with van der Waals surface area (Å²) in [5, 5.41) is 0. The third-order valence-electron chi connectivity index (χ3n) is 1.59. The van der Waals surface area contributed by atoms with Gasteiger partial charge < -0.3 is 9.21 Å². The van der Waals surface area contributed by atoms with Gasteiger partial charge in [-0.3, -0.25) is 0 Å². The molecule has 1 aromatic heterocycles. The Morgan fingerprint density at radius 1 is 1.00 bits per heavy atom. The molecular weight excluding hydrogens is 176 g/mol. The molecule has 0 bridgehead atoms. The molecule has 14 heavy (non-hydrogen) atoms. The molecule has 0 spiro atoms. The first-order valence-electron chi connectivity index (χ1n) is 4.38. The van der Waals surface area contributed by atoms with Crippen molar-refractivity contribution in [2.45, 2.75) is 6.42 Å². The summed E-state index contributed by atoms with van der Waals surface area (Å²) in [5.41, 5.74) is 1.08. The van der Waals surface area contributed by atoms with E-state index in [2.05, 4.69) is 4.42 Å². The van der Waals surface area contributed by atoms with E-state index in [1.54, 1.807) is 12.5 Å². The summed E-state index contributed by atoms with van der Waals surface area (Å²) >= 11 is 0. The number of carbonyl (C=O) groups excluding carboxylic acids is 1. The van der Waals surface area contributed by atoms with E-state index in [-0.39, 0.29) is 0 Å². The maximum atomic E-state index is 9.97. The lowest BCUT2D eigenvalue weighted by Crippen LogP contribution is -1.82.